The van der Waals surface area contributed by atoms with Crippen LogP contribution in [0, 0.1) is 11.8 Å². The van der Waals surface area contributed by atoms with Crippen LogP contribution in [0.1, 0.15) is 53.4 Å². The molecule has 0 radical (unpaired) electrons. The van der Waals surface area contributed by atoms with Crippen molar-refractivity contribution in [1.29, 1.82) is 0 Å². The molecule has 0 spiro atoms. The van der Waals surface area contributed by atoms with Crippen LogP contribution in [-0.4, -0.2) is 81.9 Å². The predicted octanol–water partition coefficient (Wildman–Crippen LogP) is 1.32. The SMILES string of the molecule is CC(C)C(=O)OCC(=O)OC1CCCO1.CC(C)C(=O)OCCOC(=O)CCC(=O)OCC1CO1. The Kier molecular flexibility index (Phi) is 14.6. The van der Waals surface area contributed by atoms with Gasteiger partial charge in [0.05, 0.1) is 37.9 Å². The van der Waals surface area contributed by atoms with Gasteiger partial charge in [0.25, 0.3) is 0 Å². The Bertz CT molecular complexity index is 693. The van der Waals surface area contributed by atoms with E-state index in [1.165, 1.54) is 0 Å². The zero-order chi connectivity index (χ0) is 26.2. The van der Waals surface area contributed by atoms with Gasteiger partial charge in [0, 0.05) is 6.42 Å². The third-order valence-corrected chi connectivity index (χ3v) is 4.38. The van der Waals surface area contributed by atoms with Crippen molar-refractivity contribution in [2.75, 3.05) is 39.6 Å². The highest BCUT2D eigenvalue weighted by Crippen LogP contribution is 2.13. The first-order valence-electron chi connectivity index (χ1n) is 11.7. The molecule has 0 bridgehead atoms. The molecule has 2 aliphatic heterocycles. The van der Waals surface area contributed by atoms with Crippen molar-refractivity contribution in [3.8, 4) is 0 Å². The number of rotatable bonds is 13. The maximum Gasteiger partial charge on any atom is 0.346 e. The van der Waals surface area contributed by atoms with Gasteiger partial charge in [0.2, 0.25) is 6.29 Å². The zero-order valence-electron chi connectivity index (χ0n) is 20.8. The molecule has 0 aromatic heterocycles. The molecule has 35 heavy (non-hydrogen) atoms. The van der Waals surface area contributed by atoms with Gasteiger partial charge >= 0.3 is 29.8 Å². The highest BCUT2D eigenvalue weighted by atomic mass is 16.7. The van der Waals surface area contributed by atoms with Crippen LogP contribution in [-0.2, 0) is 57.1 Å². The second kappa shape index (κ2) is 16.8. The average Bonchev–Trinajstić information content (AvgIpc) is 3.51. The van der Waals surface area contributed by atoms with Crippen molar-refractivity contribution >= 4 is 29.8 Å². The third kappa shape index (κ3) is 15.7. The van der Waals surface area contributed by atoms with Crippen molar-refractivity contribution < 1.29 is 57.1 Å². The van der Waals surface area contributed by atoms with Crippen LogP contribution in [0.3, 0.4) is 0 Å². The number of carbonyl (C=O) groups excluding carboxylic acids is 5. The van der Waals surface area contributed by atoms with Gasteiger partial charge in [-0.05, 0) is 6.42 Å². The summed E-state index contributed by atoms with van der Waals surface area (Å²) in [4.78, 5) is 55.8. The minimum atomic E-state index is -0.559. The number of carbonyl (C=O) groups is 5. The van der Waals surface area contributed by atoms with E-state index in [1.54, 1.807) is 27.7 Å². The molecule has 12 nitrogen and oxygen atoms in total. The molecule has 12 heteroatoms. The van der Waals surface area contributed by atoms with Crippen molar-refractivity contribution in [3.05, 3.63) is 0 Å². The number of esters is 5. The molecule has 0 amide bonds. The highest BCUT2D eigenvalue weighted by Gasteiger charge is 2.24. The van der Waals surface area contributed by atoms with E-state index in [2.05, 4.69) is 0 Å². The summed E-state index contributed by atoms with van der Waals surface area (Å²) in [6.07, 6.45) is 1.07. The molecule has 2 fully saturated rings. The molecule has 2 heterocycles. The van der Waals surface area contributed by atoms with Crippen molar-refractivity contribution in [2.24, 2.45) is 11.8 Å². The summed E-state index contributed by atoms with van der Waals surface area (Å²) in [6.45, 7) is 7.97. The summed E-state index contributed by atoms with van der Waals surface area (Å²) in [5.41, 5.74) is 0. The molecule has 2 unspecified atom stereocenters. The van der Waals surface area contributed by atoms with E-state index in [0.29, 0.717) is 19.6 Å². The normalized spacial score (nSPS) is 18.2. The van der Waals surface area contributed by atoms with Gasteiger partial charge in [-0.1, -0.05) is 27.7 Å². The Balaban J connectivity index is 0.000000365. The number of epoxide rings is 1. The van der Waals surface area contributed by atoms with Gasteiger partial charge in [-0.25, -0.2) is 4.79 Å². The van der Waals surface area contributed by atoms with Gasteiger partial charge in [-0.15, -0.1) is 0 Å². The van der Waals surface area contributed by atoms with Crippen LogP contribution in [0.2, 0.25) is 0 Å². The largest absolute Gasteiger partial charge is 0.463 e. The summed E-state index contributed by atoms with van der Waals surface area (Å²) < 4.78 is 34.1. The van der Waals surface area contributed by atoms with Crippen LogP contribution in [0.15, 0.2) is 0 Å². The predicted molar refractivity (Wildman–Crippen MR) is 118 cm³/mol. The van der Waals surface area contributed by atoms with Crippen molar-refractivity contribution in [1.82, 2.24) is 0 Å². The van der Waals surface area contributed by atoms with E-state index in [0.717, 1.165) is 6.42 Å². The second-order valence-electron chi connectivity index (χ2n) is 8.38. The lowest BCUT2D eigenvalue weighted by Crippen LogP contribution is -2.23. The molecular formula is C23H36O12. The number of hydrogen-bond acceptors (Lipinski definition) is 12. The van der Waals surface area contributed by atoms with Crippen LogP contribution >= 0.6 is 0 Å². The van der Waals surface area contributed by atoms with Crippen LogP contribution < -0.4 is 0 Å². The summed E-state index contributed by atoms with van der Waals surface area (Å²) in [7, 11) is 0. The fourth-order valence-corrected chi connectivity index (χ4v) is 2.28. The van der Waals surface area contributed by atoms with Crippen LogP contribution in [0.5, 0.6) is 0 Å². The molecule has 2 rings (SSSR count). The van der Waals surface area contributed by atoms with Crippen LogP contribution in [0.4, 0.5) is 0 Å². The first kappa shape index (κ1) is 30.3. The monoisotopic (exact) mass is 504 g/mol. The van der Waals surface area contributed by atoms with Gasteiger partial charge in [-0.2, -0.15) is 0 Å². The first-order valence-corrected chi connectivity index (χ1v) is 11.7. The van der Waals surface area contributed by atoms with E-state index in [4.69, 9.17) is 33.2 Å². The molecule has 2 atom stereocenters. The zero-order valence-corrected chi connectivity index (χ0v) is 20.8. The van der Waals surface area contributed by atoms with Gasteiger partial charge in [0.15, 0.2) is 6.61 Å². The van der Waals surface area contributed by atoms with E-state index >= 15 is 0 Å². The van der Waals surface area contributed by atoms with Crippen molar-refractivity contribution in [2.45, 2.75) is 65.8 Å². The molecule has 0 saturated carbocycles. The van der Waals surface area contributed by atoms with Gasteiger partial charge in [0.1, 0.15) is 25.9 Å². The van der Waals surface area contributed by atoms with Gasteiger partial charge < -0.3 is 33.2 Å². The third-order valence-electron chi connectivity index (χ3n) is 4.38. The fourth-order valence-electron chi connectivity index (χ4n) is 2.28. The van der Waals surface area contributed by atoms with E-state index in [-0.39, 0.29) is 63.2 Å². The molecular weight excluding hydrogens is 468 g/mol. The number of ether oxygens (including phenoxy) is 7. The standard InChI is InChI=1S/C13H20O7.C10H16O5/c1-9(2)13(16)18-6-5-17-11(14)3-4-12(15)20-8-10-7-19-10;1-7(2)10(12)14-6-8(11)15-9-4-3-5-13-9/h9-10H,3-8H2,1-2H3;7,9H,3-6H2,1-2H3. The lowest BCUT2D eigenvalue weighted by molar-refractivity contribution is -0.178. The lowest BCUT2D eigenvalue weighted by atomic mass is 10.2. The second-order valence-corrected chi connectivity index (χ2v) is 8.38. The topological polar surface area (TPSA) is 153 Å². The molecule has 2 aliphatic rings. The van der Waals surface area contributed by atoms with E-state index in [9.17, 15) is 24.0 Å². The lowest BCUT2D eigenvalue weighted by Gasteiger charge is -2.11. The maximum atomic E-state index is 11.3. The Morgan fingerprint density at radius 2 is 1.34 bits per heavy atom. The van der Waals surface area contributed by atoms with E-state index in [1.807, 2.05) is 0 Å². The smallest absolute Gasteiger partial charge is 0.346 e. The average molecular weight is 505 g/mol. The van der Waals surface area contributed by atoms with Crippen LogP contribution in [0.25, 0.3) is 0 Å². The highest BCUT2D eigenvalue weighted by molar-refractivity contribution is 5.78. The molecule has 200 valence electrons. The first-order chi connectivity index (χ1) is 16.6. The Hall–Kier alpha value is -2.73. The maximum absolute atomic E-state index is 11.3. The Morgan fingerprint density at radius 1 is 0.771 bits per heavy atom. The molecule has 0 aromatic carbocycles. The van der Waals surface area contributed by atoms with Gasteiger partial charge in [-0.3, -0.25) is 19.2 Å². The molecule has 0 N–H and O–H groups in total. The summed E-state index contributed by atoms with van der Waals surface area (Å²) >= 11 is 0. The molecule has 0 aliphatic carbocycles. The minimum absolute atomic E-state index is 0.0117. The quantitative estimate of drug-likeness (QED) is 0.154. The van der Waals surface area contributed by atoms with Crippen molar-refractivity contribution in [3.63, 3.8) is 0 Å². The molecule has 0 aromatic rings. The minimum Gasteiger partial charge on any atom is -0.463 e. The number of hydrogen-bond donors (Lipinski definition) is 0. The Labute approximate surface area is 204 Å². The summed E-state index contributed by atoms with van der Waals surface area (Å²) in [5, 5.41) is 0. The summed E-state index contributed by atoms with van der Waals surface area (Å²) in [5.74, 6) is -2.73. The summed E-state index contributed by atoms with van der Waals surface area (Å²) in [6, 6.07) is 0. The Morgan fingerprint density at radius 3 is 1.89 bits per heavy atom. The molecule has 2 saturated heterocycles. The van der Waals surface area contributed by atoms with E-state index < -0.39 is 30.2 Å². The fraction of sp³-hybridized carbons (Fsp3) is 0.783.